The van der Waals surface area contributed by atoms with Crippen molar-refractivity contribution in [1.29, 1.82) is 0 Å². The number of carbonyl (C=O) groups is 1. The van der Waals surface area contributed by atoms with E-state index in [2.05, 4.69) is 9.88 Å². The van der Waals surface area contributed by atoms with Crippen LogP contribution in [0.15, 0.2) is 41.1 Å². The Morgan fingerprint density at radius 3 is 2.87 bits per heavy atom. The van der Waals surface area contributed by atoms with Gasteiger partial charge in [0.15, 0.2) is 0 Å². The van der Waals surface area contributed by atoms with Gasteiger partial charge in [0, 0.05) is 24.7 Å². The highest BCUT2D eigenvalue weighted by molar-refractivity contribution is 5.93. The fraction of sp³-hybridized carbons (Fsp3) is 0.500. The summed E-state index contributed by atoms with van der Waals surface area (Å²) in [7, 11) is 0. The summed E-state index contributed by atoms with van der Waals surface area (Å²) < 4.78 is 7.29. The molecule has 2 unspecified atom stereocenters. The van der Waals surface area contributed by atoms with Gasteiger partial charge < -0.3 is 19.4 Å². The third-order valence-electron chi connectivity index (χ3n) is 4.56. The summed E-state index contributed by atoms with van der Waals surface area (Å²) in [6, 6.07) is 7.57. The Balaban J connectivity index is 1.59. The molecule has 0 aromatic carbocycles. The molecule has 2 aromatic heterocycles. The molecular weight excluding hydrogens is 292 g/mol. The number of aliphatic hydroxyl groups is 1. The summed E-state index contributed by atoms with van der Waals surface area (Å²) in [5.41, 5.74) is 0.705. The van der Waals surface area contributed by atoms with Crippen LogP contribution >= 0.6 is 0 Å². The second-order valence-corrected chi connectivity index (χ2v) is 6.38. The molecule has 0 radical (unpaired) electrons. The van der Waals surface area contributed by atoms with E-state index < -0.39 is 6.10 Å². The normalized spacial score (nSPS) is 18.0. The number of nitrogens with one attached hydrogen (secondary N) is 1. The number of rotatable bonds is 6. The van der Waals surface area contributed by atoms with Crippen LogP contribution in [0, 0.1) is 0 Å². The van der Waals surface area contributed by atoms with E-state index in [9.17, 15) is 9.90 Å². The first kappa shape index (κ1) is 15.9. The highest BCUT2D eigenvalue weighted by atomic mass is 16.4. The highest BCUT2D eigenvalue weighted by Gasteiger charge is 2.23. The third kappa shape index (κ3) is 3.67. The standard InChI is InChI=1S/C18H24N2O3/c1-13(12-16(21)17-9-5-11-23-17)19-18(22)15-8-4-10-20(15)14-6-2-3-7-14/h4-5,8-11,13-14,16,21H,2-3,6-7,12H2,1H3,(H,19,22). The molecule has 1 aliphatic rings. The van der Waals surface area contributed by atoms with Crippen molar-refractivity contribution >= 4 is 5.91 Å². The SMILES string of the molecule is CC(CC(O)c1ccco1)NC(=O)c1cccn1C1CCCC1. The summed E-state index contributed by atoms with van der Waals surface area (Å²) in [6.07, 6.45) is 7.99. The molecule has 0 saturated heterocycles. The Morgan fingerprint density at radius 1 is 1.39 bits per heavy atom. The Labute approximate surface area is 136 Å². The largest absolute Gasteiger partial charge is 0.467 e. The number of hydrogen-bond donors (Lipinski definition) is 2. The van der Waals surface area contributed by atoms with E-state index in [1.165, 1.54) is 19.1 Å². The maximum Gasteiger partial charge on any atom is 0.268 e. The molecular formula is C18H24N2O3. The van der Waals surface area contributed by atoms with E-state index in [0.717, 1.165) is 12.8 Å². The van der Waals surface area contributed by atoms with Gasteiger partial charge >= 0.3 is 0 Å². The van der Waals surface area contributed by atoms with Crippen LogP contribution in [0.25, 0.3) is 0 Å². The molecule has 2 atom stereocenters. The van der Waals surface area contributed by atoms with Crippen molar-refractivity contribution < 1.29 is 14.3 Å². The topological polar surface area (TPSA) is 67.4 Å². The van der Waals surface area contributed by atoms with Crippen molar-refractivity contribution in [1.82, 2.24) is 9.88 Å². The lowest BCUT2D eigenvalue weighted by molar-refractivity contribution is 0.0892. The van der Waals surface area contributed by atoms with Gasteiger partial charge in [-0.05, 0) is 44.0 Å². The van der Waals surface area contributed by atoms with Crippen LogP contribution in [-0.2, 0) is 0 Å². The predicted molar refractivity (Wildman–Crippen MR) is 87.2 cm³/mol. The lowest BCUT2D eigenvalue weighted by Gasteiger charge is -2.19. The third-order valence-corrected chi connectivity index (χ3v) is 4.56. The zero-order valence-electron chi connectivity index (χ0n) is 13.4. The van der Waals surface area contributed by atoms with E-state index in [0.29, 0.717) is 23.9 Å². The average molecular weight is 316 g/mol. The van der Waals surface area contributed by atoms with Crippen LogP contribution < -0.4 is 5.32 Å². The van der Waals surface area contributed by atoms with E-state index in [1.54, 1.807) is 12.1 Å². The Morgan fingerprint density at radius 2 is 2.17 bits per heavy atom. The molecule has 1 aliphatic carbocycles. The van der Waals surface area contributed by atoms with Crippen LogP contribution in [0.3, 0.4) is 0 Å². The number of nitrogens with zero attached hydrogens (tertiary/aromatic N) is 1. The first-order chi connectivity index (χ1) is 11.1. The van der Waals surface area contributed by atoms with Crippen molar-refractivity contribution in [3.8, 4) is 0 Å². The van der Waals surface area contributed by atoms with Crippen LogP contribution in [0.2, 0.25) is 0 Å². The molecule has 0 aliphatic heterocycles. The van der Waals surface area contributed by atoms with Crippen molar-refractivity contribution in [3.05, 3.63) is 48.2 Å². The van der Waals surface area contributed by atoms with Crippen LogP contribution in [0.4, 0.5) is 0 Å². The minimum absolute atomic E-state index is 0.0824. The van der Waals surface area contributed by atoms with Gasteiger partial charge in [0.2, 0.25) is 0 Å². The molecule has 1 fully saturated rings. The van der Waals surface area contributed by atoms with E-state index >= 15 is 0 Å². The molecule has 3 rings (SSSR count). The van der Waals surface area contributed by atoms with Crippen LogP contribution in [0.1, 0.15) is 67.4 Å². The number of furan rings is 1. The molecule has 1 saturated carbocycles. The van der Waals surface area contributed by atoms with Gasteiger partial charge in [-0.25, -0.2) is 0 Å². The van der Waals surface area contributed by atoms with Gasteiger partial charge in [0.25, 0.3) is 5.91 Å². The first-order valence-corrected chi connectivity index (χ1v) is 8.34. The monoisotopic (exact) mass is 316 g/mol. The molecule has 2 N–H and O–H groups in total. The molecule has 1 amide bonds. The van der Waals surface area contributed by atoms with E-state index in [1.807, 2.05) is 25.3 Å². The van der Waals surface area contributed by atoms with Gasteiger partial charge in [-0.3, -0.25) is 4.79 Å². The number of carbonyl (C=O) groups excluding carboxylic acids is 1. The fourth-order valence-corrected chi connectivity index (χ4v) is 3.38. The number of hydrogen-bond acceptors (Lipinski definition) is 3. The van der Waals surface area contributed by atoms with E-state index in [4.69, 9.17) is 4.42 Å². The number of amides is 1. The quantitative estimate of drug-likeness (QED) is 0.858. The number of aromatic nitrogens is 1. The van der Waals surface area contributed by atoms with Crippen molar-refractivity contribution in [2.75, 3.05) is 0 Å². The smallest absolute Gasteiger partial charge is 0.268 e. The van der Waals surface area contributed by atoms with Crippen molar-refractivity contribution in [3.63, 3.8) is 0 Å². The van der Waals surface area contributed by atoms with Crippen molar-refractivity contribution in [2.45, 2.75) is 57.2 Å². The van der Waals surface area contributed by atoms with Gasteiger partial charge in [-0.15, -0.1) is 0 Å². The van der Waals surface area contributed by atoms with Gasteiger partial charge in [0.1, 0.15) is 17.6 Å². The maximum atomic E-state index is 12.5. The summed E-state index contributed by atoms with van der Waals surface area (Å²) in [6.45, 7) is 1.90. The van der Waals surface area contributed by atoms with Crippen molar-refractivity contribution in [2.24, 2.45) is 0 Å². The summed E-state index contributed by atoms with van der Waals surface area (Å²) >= 11 is 0. The lowest BCUT2D eigenvalue weighted by Crippen LogP contribution is -2.35. The van der Waals surface area contributed by atoms with E-state index in [-0.39, 0.29) is 11.9 Å². The summed E-state index contributed by atoms with van der Waals surface area (Å²) in [4.78, 5) is 12.5. The van der Waals surface area contributed by atoms with Gasteiger partial charge in [-0.2, -0.15) is 0 Å². The maximum absolute atomic E-state index is 12.5. The molecule has 5 nitrogen and oxygen atoms in total. The molecule has 5 heteroatoms. The zero-order chi connectivity index (χ0) is 16.2. The number of aliphatic hydroxyl groups excluding tert-OH is 1. The zero-order valence-corrected chi connectivity index (χ0v) is 13.4. The predicted octanol–water partition coefficient (Wildman–Crippen LogP) is 3.44. The Hall–Kier alpha value is -2.01. The first-order valence-electron chi connectivity index (χ1n) is 8.34. The lowest BCUT2D eigenvalue weighted by atomic mass is 10.1. The Bertz CT molecular complexity index is 626. The minimum atomic E-state index is -0.707. The molecule has 0 spiro atoms. The van der Waals surface area contributed by atoms with Crippen LogP contribution in [-0.4, -0.2) is 21.6 Å². The van der Waals surface area contributed by atoms with Gasteiger partial charge in [0.05, 0.1) is 6.26 Å². The highest BCUT2D eigenvalue weighted by Crippen LogP contribution is 2.30. The second-order valence-electron chi connectivity index (χ2n) is 6.38. The summed E-state index contributed by atoms with van der Waals surface area (Å²) in [5, 5.41) is 13.1. The van der Waals surface area contributed by atoms with Gasteiger partial charge in [-0.1, -0.05) is 12.8 Å². The second kappa shape index (κ2) is 7.04. The fourth-order valence-electron chi connectivity index (χ4n) is 3.38. The minimum Gasteiger partial charge on any atom is -0.467 e. The average Bonchev–Trinajstić information content (AvgIpc) is 3.27. The molecule has 0 bridgehead atoms. The molecule has 23 heavy (non-hydrogen) atoms. The Kier molecular flexibility index (Phi) is 4.86. The summed E-state index contributed by atoms with van der Waals surface area (Å²) in [5.74, 6) is 0.446. The molecule has 2 aromatic rings. The van der Waals surface area contributed by atoms with Crippen LogP contribution in [0.5, 0.6) is 0 Å². The molecule has 2 heterocycles. The molecule has 124 valence electrons.